The van der Waals surface area contributed by atoms with E-state index in [-0.39, 0.29) is 22.7 Å². The van der Waals surface area contributed by atoms with Crippen LogP contribution in [-0.2, 0) is 19.4 Å². The Morgan fingerprint density at radius 2 is 1.97 bits per heavy atom. The Labute approximate surface area is 203 Å². The predicted molar refractivity (Wildman–Crippen MR) is 132 cm³/mol. The van der Waals surface area contributed by atoms with Crippen molar-refractivity contribution in [3.8, 4) is 0 Å². The lowest BCUT2D eigenvalue weighted by Crippen LogP contribution is -2.25. The second-order valence-electron chi connectivity index (χ2n) is 8.03. The number of hydrogen-bond donors (Lipinski definition) is 2. The average molecular weight is 494 g/mol. The molecule has 0 radical (unpaired) electrons. The van der Waals surface area contributed by atoms with Crippen molar-refractivity contribution in [2.24, 2.45) is 0 Å². The standard InChI is InChI=1S/C25H20ClN3O4S/c26-15-7-8-19-17(10-15)18(30)11-20(33-19)23(31)29-25-22(16-5-1-2-6-21(16)34-25)24(32)28-13-14-4-3-9-27-12-14/h3-4,7-12H,1-2,5-6,13H2,(H,28,32)(H,29,31). The number of rotatable bonds is 5. The molecular formula is C25H20ClN3O4S. The SMILES string of the molecule is O=C(Nc1sc2c(c1C(=O)NCc1cccnc1)CCCC2)c1cc(=O)c2cc(Cl)ccc2o1. The van der Waals surface area contributed by atoms with Crippen LogP contribution >= 0.6 is 22.9 Å². The highest BCUT2D eigenvalue weighted by Crippen LogP contribution is 2.38. The van der Waals surface area contributed by atoms with Gasteiger partial charge in [0.2, 0.25) is 0 Å². The summed E-state index contributed by atoms with van der Waals surface area (Å²) in [6.07, 6.45) is 7.05. The predicted octanol–water partition coefficient (Wildman–Crippen LogP) is 4.96. The molecule has 1 aromatic carbocycles. The number of anilines is 1. The van der Waals surface area contributed by atoms with E-state index in [1.54, 1.807) is 24.5 Å². The zero-order chi connectivity index (χ0) is 23.7. The molecule has 1 aliphatic rings. The van der Waals surface area contributed by atoms with Gasteiger partial charge in [0.1, 0.15) is 10.6 Å². The zero-order valence-corrected chi connectivity index (χ0v) is 19.6. The number of nitrogens with one attached hydrogen (secondary N) is 2. The molecule has 0 atom stereocenters. The van der Waals surface area contributed by atoms with Gasteiger partial charge in [-0.1, -0.05) is 17.7 Å². The van der Waals surface area contributed by atoms with Gasteiger partial charge in [-0.15, -0.1) is 11.3 Å². The van der Waals surface area contributed by atoms with Gasteiger partial charge in [-0.3, -0.25) is 19.4 Å². The zero-order valence-electron chi connectivity index (χ0n) is 18.0. The lowest BCUT2D eigenvalue weighted by molar-refractivity contribution is 0.0951. The van der Waals surface area contributed by atoms with Crippen molar-refractivity contribution < 1.29 is 14.0 Å². The molecule has 0 bridgehead atoms. The molecule has 5 rings (SSSR count). The molecule has 34 heavy (non-hydrogen) atoms. The van der Waals surface area contributed by atoms with Crippen LogP contribution in [0.15, 0.2) is 58.0 Å². The minimum atomic E-state index is -0.589. The van der Waals surface area contributed by atoms with Crippen LogP contribution in [0, 0.1) is 0 Å². The molecule has 0 fully saturated rings. The van der Waals surface area contributed by atoms with E-state index in [9.17, 15) is 14.4 Å². The molecule has 9 heteroatoms. The quantitative estimate of drug-likeness (QED) is 0.409. The second kappa shape index (κ2) is 9.40. The summed E-state index contributed by atoms with van der Waals surface area (Å²) in [7, 11) is 0. The Kier molecular flexibility index (Phi) is 6.17. The molecule has 3 heterocycles. The smallest absolute Gasteiger partial charge is 0.292 e. The first kappa shape index (κ1) is 22.3. The van der Waals surface area contributed by atoms with Crippen LogP contribution in [0.2, 0.25) is 5.02 Å². The fourth-order valence-electron chi connectivity index (χ4n) is 4.07. The summed E-state index contributed by atoms with van der Waals surface area (Å²) >= 11 is 7.36. The number of pyridine rings is 1. The van der Waals surface area contributed by atoms with Crippen molar-refractivity contribution in [2.45, 2.75) is 32.2 Å². The largest absolute Gasteiger partial charge is 0.451 e. The maximum absolute atomic E-state index is 13.2. The van der Waals surface area contributed by atoms with E-state index in [1.807, 2.05) is 12.1 Å². The molecule has 0 spiro atoms. The molecular weight excluding hydrogens is 474 g/mol. The summed E-state index contributed by atoms with van der Waals surface area (Å²) in [6.45, 7) is 0.326. The Morgan fingerprint density at radius 3 is 2.79 bits per heavy atom. The molecule has 172 valence electrons. The monoisotopic (exact) mass is 493 g/mol. The van der Waals surface area contributed by atoms with Gasteiger partial charge in [0.25, 0.3) is 11.8 Å². The van der Waals surface area contributed by atoms with Gasteiger partial charge in [-0.25, -0.2) is 0 Å². The van der Waals surface area contributed by atoms with Gasteiger partial charge in [-0.2, -0.15) is 0 Å². The number of amides is 2. The molecule has 0 aliphatic heterocycles. The fraction of sp³-hybridized carbons (Fsp3) is 0.200. The summed E-state index contributed by atoms with van der Waals surface area (Å²) < 4.78 is 5.67. The van der Waals surface area contributed by atoms with E-state index in [4.69, 9.17) is 16.0 Å². The maximum atomic E-state index is 13.2. The van der Waals surface area contributed by atoms with Crippen LogP contribution in [-0.4, -0.2) is 16.8 Å². The third kappa shape index (κ3) is 4.47. The molecule has 0 saturated carbocycles. The molecule has 0 saturated heterocycles. The number of nitrogens with zero attached hydrogens (tertiary/aromatic N) is 1. The van der Waals surface area contributed by atoms with E-state index in [0.717, 1.165) is 47.8 Å². The van der Waals surface area contributed by atoms with Crippen LogP contribution in [0.5, 0.6) is 0 Å². The first-order valence-corrected chi connectivity index (χ1v) is 12.1. The molecule has 7 nitrogen and oxygen atoms in total. The number of carbonyl (C=O) groups is 2. The summed E-state index contributed by atoms with van der Waals surface area (Å²) in [6, 6.07) is 9.48. The number of hydrogen-bond acceptors (Lipinski definition) is 6. The Balaban J connectivity index is 1.44. The highest BCUT2D eigenvalue weighted by molar-refractivity contribution is 7.17. The number of benzene rings is 1. The normalized spacial score (nSPS) is 12.9. The topological polar surface area (TPSA) is 101 Å². The van der Waals surface area contributed by atoms with E-state index in [0.29, 0.717) is 27.5 Å². The Hall–Kier alpha value is -3.49. The van der Waals surface area contributed by atoms with Gasteiger partial charge >= 0.3 is 0 Å². The van der Waals surface area contributed by atoms with Crippen molar-refractivity contribution in [1.82, 2.24) is 10.3 Å². The second-order valence-corrected chi connectivity index (χ2v) is 9.57. The van der Waals surface area contributed by atoms with Crippen molar-refractivity contribution in [3.63, 3.8) is 0 Å². The van der Waals surface area contributed by atoms with E-state index in [1.165, 1.54) is 17.4 Å². The summed E-state index contributed by atoms with van der Waals surface area (Å²) in [5, 5.41) is 6.91. The van der Waals surface area contributed by atoms with E-state index in [2.05, 4.69) is 15.6 Å². The molecule has 2 N–H and O–H groups in total. The van der Waals surface area contributed by atoms with E-state index < -0.39 is 5.91 Å². The van der Waals surface area contributed by atoms with Crippen molar-refractivity contribution in [3.05, 3.63) is 91.4 Å². The minimum Gasteiger partial charge on any atom is -0.451 e. The van der Waals surface area contributed by atoms with Crippen molar-refractivity contribution in [1.29, 1.82) is 0 Å². The molecule has 3 aromatic heterocycles. The lowest BCUT2D eigenvalue weighted by atomic mass is 9.95. The molecule has 2 amide bonds. The number of fused-ring (bicyclic) bond motifs is 2. The summed E-state index contributed by atoms with van der Waals surface area (Å²) in [5.74, 6) is -0.977. The molecule has 1 aliphatic carbocycles. The van der Waals surface area contributed by atoms with Gasteiger partial charge in [-0.05, 0) is 61.1 Å². The highest BCUT2D eigenvalue weighted by Gasteiger charge is 2.27. The number of carbonyl (C=O) groups excluding carboxylic acids is 2. The van der Waals surface area contributed by atoms with Crippen molar-refractivity contribution >= 4 is 50.7 Å². The van der Waals surface area contributed by atoms with Crippen LogP contribution in [0.3, 0.4) is 0 Å². The van der Waals surface area contributed by atoms with Crippen LogP contribution in [0.1, 0.15) is 49.8 Å². The van der Waals surface area contributed by atoms with E-state index >= 15 is 0 Å². The first-order valence-electron chi connectivity index (χ1n) is 10.9. The van der Waals surface area contributed by atoms with Gasteiger partial charge in [0, 0.05) is 34.9 Å². The third-order valence-corrected chi connectivity index (χ3v) is 7.16. The molecule has 4 aromatic rings. The van der Waals surface area contributed by atoms with Crippen LogP contribution in [0.25, 0.3) is 11.0 Å². The maximum Gasteiger partial charge on any atom is 0.292 e. The van der Waals surface area contributed by atoms with Gasteiger partial charge in [0.05, 0.1) is 10.9 Å². The highest BCUT2D eigenvalue weighted by atomic mass is 35.5. The lowest BCUT2D eigenvalue weighted by Gasteiger charge is -2.13. The number of thiophene rings is 1. The number of aryl methyl sites for hydroxylation is 1. The van der Waals surface area contributed by atoms with Gasteiger partial charge in [0.15, 0.2) is 11.2 Å². The van der Waals surface area contributed by atoms with Crippen molar-refractivity contribution in [2.75, 3.05) is 5.32 Å². The third-order valence-electron chi connectivity index (χ3n) is 5.71. The summed E-state index contributed by atoms with van der Waals surface area (Å²) in [4.78, 5) is 43.9. The van der Waals surface area contributed by atoms with Gasteiger partial charge < -0.3 is 15.1 Å². The Morgan fingerprint density at radius 1 is 1.12 bits per heavy atom. The van der Waals surface area contributed by atoms with Crippen LogP contribution in [0.4, 0.5) is 5.00 Å². The first-order chi connectivity index (χ1) is 16.5. The summed E-state index contributed by atoms with van der Waals surface area (Å²) in [5.41, 5.74) is 2.23. The van der Waals surface area contributed by atoms with Crippen LogP contribution < -0.4 is 16.1 Å². The Bertz CT molecular complexity index is 1460. The minimum absolute atomic E-state index is 0.132. The molecule has 0 unspecified atom stereocenters. The number of aromatic nitrogens is 1. The fourth-order valence-corrected chi connectivity index (χ4v) is 5.53. The number of halogens is 1. The average Bonchev–Trinajstić information content (AvgIpc) is 3.21.